The molecule has 0 unspecified atom stereocenters. The average molecular weight is 1030 g/mol. The maximum absolute atomic E-state index is 14.4. The minimum absolute atomic E-state index is 0.0407. The molecule has 9 aromatic rings. The van der Waals surface area contributed by atoms with Crippen molar-refractivity contribution in [2.75, 3.05) is 7.11 Å². The number of halogens is 6. The minimum Gasteiger partial charge on any atom is -0.497 e. The SMILES string of the molecule is C=C/C(=C\C=C/C)C(c1ccc(Oc2ccc(-c3nc(Cc4ccccc4)nc(-c4ccccc4)n3)cc2)cc1)(C(F)(F)F)C(F)(F)F.CC.COc1ccc(-c2nc(-c3ccccc3)nc(-c3ccccc3)n2)cc1. The summed E-state index contributed by atoms with van der Waals surface area (Å²) in [6.45, 7) is 8.72. The zero-order valence-electron chi connectivity index (χ0n) is 42.0. The number of rotatable bonds is 14. The lowest BCUT2D eigenvalue weighted by Gasteiger charge is -2.39. The van der Waals surface area contributed by atoms with E-state index in [1.165, 1.54) is 13.0 Å². The van der Waals surface area contributed by atoms with E-state index >= 15 is 0 Å². The van der Waals surface area contributed by atoms with Gasteiger partial charge in [0.05, 0.1) is 7.11 Å². The molecule has 0 spiro atoms. The van der Waals surface area contributed by atoms with Crippen LogP contribution in [0, 0.1) is 0 Å². The predicted octanol–water partition coefficient (Wildman–Crippen LogP) is 16.5. The van der Waals surface area contributed by atoms with Crippen LogP contribution in [0.15, 0.2) is 231 Å². The molecule has 0 aliphatic rings. The van der Waals surface area contributed by atoms with Gasteiger partial charge in [-0.15, -0.1) is 0 Å². The molecule has 2 heterocycles. The molecule has 0 N–H and O–H groups in total. The molecule has 0 radical (unpaired) electrons. The fraction of sp³-hybridized carbons (Fsp3) is 0.129. The highest BCUT2D eigenvalue weighted by molar-refractivity contribution is 5.67. The molecule has 0 fully saturated rings. The van der Waals surface area contributed by atoms with E-state index in [1.54, 1.807) is 31.4 Å². The van der Waals surface area contributed by atoms with Gasteiger partial charge in [0.15, 0.2) is 29.1 Å². The van der Waals surface area contributed by atoms with Crippen molar-refractivity contribution < 1.29 is 35.8 Å². The summed E-state index contributed by atoms with van der Waals surface area (Å²) in [6, 6.07) is 57.2. The van der Waals surface area contributed by atoms with Gasteiger partial charge in [-0.05, 0) is 84.3 Å². The maximum atomic E-state index is 14.4. The summed E-state index contributed by atoms with van der Waals surface area (Å²) in [5, 5.41) is 0. The van der Waals surface area contributed by atoms with Crippen LogP contribution in [0.4, 0.5) is 26.3 Å². The Morgan fingerprint density at radius 1 is 0.461 bits per heavy atom. The Bertz CT molecular complexity index is 3270. The van der Waals surface area contributed by atoms with Crippen molar-refractivity contribution >= 4 is 0 Å². The summed E-state index contributed by atoms with van der Waals surface area (Å²) in [5.41, 5.74) is -1.04. The van der Waals surface area contributed by atoms with Crippen LogP contribution in [-0.4, -0.2) is 49.4 Å². The summed E-state index contributed by atoms with van der Waals surface area (Å²) in [7, 11) is 1.65. The monoisotopic (exact) mass is 1030 g/mol. The number of hydrogen-bond acceptors (Lipinski definition) is 8. The van der Waals surface area contributed by atoms with Gasteiger partial charge in [0.2, 0.25) is 5.41 Å². The largest absolute Gasteiger partial charge is 0.497 e. The lowest BCUT2D eigenvalue weighted by Crippen LogP contribution is -2.55. The van der Waals surface area contributed by atoms with E-state index in [0.717, 1.165) is 70.0 Å². The Balaban J connectivity index is 0.000000251. The van der Waals surface area contributed by atoms with Gasteiger partial charge in [-0.3, -0.25) is 0 Å². The van der Waals surface area contributed by atoms with Crippen LogP contribution in [0.2, 0.25) is 0 Å². The zero-order valence-corrected chi connectivity index (χ0v) is 42.0. The smallest absolute Gasteiger partial charge is 0.411 e. The molecule has 0 bridgehead atoms. The molecule has 8 nitrogen and oxygen atoms in total. The van der Waals surface area contributed by atoms with Gasteiger partial charge >= 0.3 is 12.4 Å². The van der Waals surface area contributed by atoms with E-state index < -0.39 is 28.9 Å². The predicted molar refractivity (Wildman–Crippen MR) is 287 cm³/mol. The normalized spacial score (nSPS) is 11.7. The standard InChI is InChI=1S/C38H29F6N3O.C22H17N3O.C2H6/c1-3-5-16-29(4-2)36(37(39,40)41,38(42,43)44)30-19-23-32(24-20-30)48-31-21-17-28(18-22-31)35-46-33(25-26-12-8-6-9-13-26)45-34(47-35)27-14-10-7-11-15-27;1-26-19-14-12-18(13-15-19)22-24-20(16-8-4-2-5-9-16)23-21(25-22)17-10-6-3-7-11-17;1-2/h3-24H,2,25H2,1H3;2-15H,1H3;1-2H3/b5-3-,29-16+;;. The van der Waals surface area contributed by atoms with Crippen LogP contribution in [0.5, 0.6) is 17.2 Å². The highest BCUT2D eigenvalue weighted by atomic mass is 19.4. The third-order valence-electron chi connectivity index (χ3n) is 11.6. The zero-order chi connectivity index (χ0) is 54.1. The van der Waals surface area contributed by atoms with E-state index in [9.17, 15) is 26.3 Å². The number of methoxy groups -OCH3 is 1. The van der Waals surface area contributed by atoms with Gasteiger partial charge in [0.1, 0.15) is 23.1 Å². The average Bonchev–Trinajstić information content (AvgIpc) is 3.50. The first-order chi connectivity index (χ1) is 36.8. The Morgan fingerprint density at radius 2 is 0.803 bits per heavy atom. The second-order valence-corrected chi connectivity index (χ2v) is 16.4. The second-order valence-electron chi connectivity index (χ2n) is 16.4. The Kier molecular flexibility index (Phi) is 18.2. The van der Waals surface area contributed by atoms with Crippen molar-refractivity contribution in [2.45, 2.75) is 45.0 Å². The Hall–Kier alpha value is -9.04. The topological polar surface area (TPSA) is 95.8 Å². The summed E-state index contributed by atoms with van der Waals surface area (Å²) >= 11 is 0. The lowest BCUT2D eigenvalue weighted by molar-refractivity contribution is -0.288. The van der Waals surface area contributed by atoms with Crippen molar-refractivity contribution in [3.05, 3.63) is 248 Å². The third kappa shape index (κ3) is 13.0. The molecule has 14 heteroatoms. The molecule has 0 saturated carbocycles. The first-order valence-electron chi connectivity index (χ1n) is 24.1. The van der Waals surface area contributed by atoms with E-state index in [0.29, 0.717) is 58.8 Å². The molecular formula is C62H52F6N6O2. The summed E-state index contributed by atoms with van der Waals surface area (Å²) in [4.78, 5) is 28.1. The molecule has 0 aliphatic carbocycles. The molecular weight excluding hydrogens is 975 g/mol. The number of ether oxygens (including phenoxy) is 2. The van der Waals surface area contributed by atoms with Gasteiger partial charge in [-0.25, -0.2) is 29.9 Å². The molecule has 76 heavy (non-hydrogen) atoms. The van der Waals surface area contributed by atoms with Crippen LogP contribution in [0.25, 0.3) is 56.9 Å². The van der Waals surface area contributed by atoms with Crippen molar-refractivity contribution in [1.29, 1.82) is 0 Å². The minimum atomic E-state index is -5.72. The number of benzene rings is 7. The van der Waals surface area contributed by atoms with Gasteiger partial charge in [-0.2, -0.15) is 26.3 Å². The van der Waals surface area contributed by atoms with Gasteiger partial charge in [-0.1, -0.05) is 178 Å². The highest BCUT2D eigenvalue weighted by Crippen LogP contribution is 2.57. The van der Waals surface area contributed by atoms with Crippen LogP contribution in [0.3, 0.4) is 0 Å². The van der Waals surface area contributed by atoms with Gasteiger partial charge in [0.25, 0.3) is 0 Å². The van der Waals surface area contributed by atoms with Crippen LogP contribution < -0.4 is 9.47 Å². The van der Waals surface area contributed by atoms with E-state index in [1.807, 2.05) is 159 Å². The molecule has 0 atom stereocenters. The Morgan fingerprint density at radius 3 is 1.16 bits per heavy atom. The molecule has 384 valence electrons. The van der Waals surface area contributed by atoms with Crippen molar-refractivity contribution in [2.24, 2.45) is 0 Å². The summed E-state index contributed by atoms with van der Waals surface area (Å²) in [5.74, 6) is 4.58. The molecule has 2 aromatic heterocycles. The number of allylic oxidation sites excluding steroid dienone is 5. The summed E-state index contributed by atoms with van der Waals surface area (Å²) in [6.07, 6.45) is -7.18. The molecule has 9 rings (SSSR count). The molecule has 0 saturated heterocycles. The molecule has 0 aliphatic heterocycles. The van der Waals surface area contributed by atoms with Gasteiger partial charge in [0, 0.05) is 34.2 Å². The molecule has 0 amide bonds. The summed E-state index contributed by atoms with van der Waals surface area (Å²) < 4.78 is 97.6. The number of alkyl halides is 6. The van der Waals surface area contributed by atoms with E-state index in [4.69, 9.17) is 19.4 Å². The number of hydrogen-bond donors (Lipinski definition) is 0. The van der Waals surface area contributed by atoms with Crippen LogP contribution >= 0.6 is 0 Å². The Labute approximate surface area is 437 Å². The van der Waals surface area contributed by atoms with Crippen molar-refractivity contribution in [3.63, 3.8) is 0 Å². The van der Waals surface area contributed by atoms with Crippen LogP contribution in [-0.2, 0) is 11.8 Å². The number of nitrogens with zero attached hydrogens (tertiary/aromatic N) is 6. The lowest BCUT2D eigenvalue weighted by atomic mass is 9.72. The first kappa shape index (κ1) is 54.7. The van der Waals surface area contributed by atoms with Crippen molar-refractivity contribution in [1.82, 2.24) is 29.9 Å². The fourth-order valence-corrected chi connectivity index (χ4v) is 7.91. The van der Waals surface area contributed by atoms with E-state index in [-0.39, 0.29) is 5.75 Å². The fourth-order valence-electron chi connectivity index (χ4n) is 7.91. The second kappa shape index (κ2) is 25.3. The first-order valence-corrected chi connectivity index (χ1v) is 24.1. The number of aromatic nitrogens is 6. The van der Waals surface area contributed by atoms with E-state index in [2.05, 4.69) is 26.5 Å². The van der Waals surface area contributed by atoms with Gasteiger partial charge < -0.3 is 9.47 Å². The highest BCUT2D eigenvalue weighted by Gasteiger charge is 2.72. The maximum Gasteiger partial charge on any atom is 0.411 e. The quantitative estimate of drug-likeness (QED) is 0.0785. The third-order valence-corrected chi connectivity index (χ3v) is 11.6. The molecule has 7 aromatic carbocycles. The van der Waals surface area contributed by atoms with Crippen molar-refractivity contribution in [3.8, 4) is 74.2 Å². The van der Waals surface area contributed by atoms with Crippen LogP contribution in [0.1, 0.15) is 37.7 Å².